The molecule has 9 heteroatoms. The zero-order valence-electron chi connectivity index (χ0n) is 28.0. The van der Waals surface area contributed by atoms with E-state index in [0.717, 1.165) is 42.5 Å². The van der Waals surface area contributed by atoms with Crippen LogP contribution < -0.4 is 0 Å². The van der Waals surface area contributed by atoms with Crippen molar-refractivity contribution in [3.05, 3.63) is 78.2 Å². The molecule has 248 valence electrons. The van der Waals surface area contributed by atoms with Gasteiger partial charge in [-0.3, -0.25) is 4.79 Å². The minimum Gasteiger partial charge on any atom is -0.444 e. The summed E-state index contributed by atoms with van der Waals surface area (Å²) in [5.41, 5.74) is 2.11. The highest BCUT2D eigenvalue weighted by Gasteiger charge is 2.44. The van der Waals surface area contributed by atoms with Crippen LogP contribution in [0.1, 0.15) is 88.3 Å². The van der Waals surface area contributed by atoms with Crippen molar-refractivity contribution in [3.63, 3.8) is 0 Å². The molecule has 5 rings (SSSR count). The molecule has 2 unspecified atom stereocenters. The number of benzene rings is 2. The number of imidazole rings is 1. The Morgan fingerprint density at radius 3 is 2.39 bits per heavy atom. The summed E-state index contributed by atoms with van der Waals surface area (Å²) in [6.07, 6.45) is 6.83. The number of nitrogens with zero attached hydrogens (tertiary/aromatic N) is 4. The minimum atomic E-state index is -0.609. The normalized spacial score (nSPS) is 22.8. The summed E-state index contributed by atoms with van der Waals surface area (Å²) in [5.74, 6) is -0.148. The lowest BCUT2D eigenvalue weighted by Crippen LogP contribution is -2.58. The van der Waals surface area contributed by atoms with Crippen LogP contribution in [0.3, 0.4) is 0 Å². The fourth-order valence-corrected chi connectivity index (χ4v) is 7.12. The van der Waals surface area contributed by atoms with E-state index < -0.39 is 17.3 Å². The fourth-order valence-electron chi connectivity index (χ4n) is 7.12. The molecule has 2 heterocycles. The number of amides is 2. The van der Waals surface area contributed by atoms with Crippen LogP contribution in [0.5, 0.6) is 0 Å². The molecular weight excluding hydrogens is 580 g/mol. The highest BCUT2D eigenvalue weighted by atomic mass is 16.6. The number of aromatic nitrogens is 2. The predicted molar refractivity (Wildman–Crippen MR) is 179 cm³/mol. The van der Waals surface area contributed by atoms with E-state index in [1.807, 2.05) is 87.5 Å². The molecule has 0 radical (unpaired) electrons. The van der Waals surface area contributed by atoms with E-state index in [0.29, 0.717) is 44.6 Å². The van der Waals surface area contributed by atoms with E-state index in [2.05, 4.69) is 16.7 Å². The van der Waals surface area contributed by atoms with Gasteiger partial charge in [0.2, 0.25) is 0 Å². The predicted octanol–water partition coefficient (Wildman–Crippen LogP) is 6.52. The van der Waals surface area contributed by atoms with Crippen LogP contribution in [0.25, 0.3) is 11.3 Å². The maximum absolute atomic E-state index is 14.7. The highest BCUT2D eigenvalue weighted by molar-refractivity contribution is 5.98. The molecule has 1 aromatic heterocycles. The topological polar surface area (TPSA) is 97.1 Å². The molecule has 3 aromatic rings. The molecule has 0 spiro atoms. The molecule has 46 heavy (non-hydrogen) atoms. The van der Waals surface area contributed by atoms with Crippen molar-refractivity contribution in [1.82, 2.24) is 19.4 Å². The summed E-state index contributed by atoms with van der Waals surface area (Å²) >= 11 is 0. The first-order valence-electron chi connectivity index (χ1n) is 16.7. The van der Waals surface area contributed by atoms with Gasteiger partial charge in [0.15, 0.2) is 5.69 Å². The number of rotatable bonds is 9. The van der Waals surface area contributed by atoms with Crippen LogP contribution >= 0.6 is 0 Å². The molecule has 2 aliphatic rings. The third kappa shape index (κ3) is 7.64. The Kier molecular flexibility index (Phi) is 10.5. The molecule has 1 saturated carbocycles. The SMILES string of the molecule is COC1(CCC(C)O)CCCC[C@@H]1n1cnc(C(=O)N2CCN(C(=O)OC(C)(C)C)C[C@H]2Cc2ccccc2)c1-c1ccccc1. The molecule has 2 aromatic carbocycles. The van der Waals surface area contributed by atoms with Crippen molar-refractivity contribution >= 4 is 12.0 Å². The van der Waals surface area contributed by atoms with Crippen LogP contribution in [0, 0.1) is 0 Å². The fraction of sp³-hybridized carbons (Fsp3) is 0.541. The van der Waals surface area contributed by atoms with Gasteiger partial charge in [0.25, 0.3) is 5.91 Å². The van der Waals surface area contributed by atoms with Gasteiger partial charge in [0.05, 0.1) is 35.8 Å². The standard InChI is InChI=1S/C37H50N4O5/c1-27(42)19-21-37(45-5)20-13-12-18-31(37)41-26-38-32(33(41)29-16-10-7-11-17-29)34(43)40-23-22-39(35(44)46-36(2,3)4)25-30(40)24-28-14-8-6-9-15-28/h6-11,14-17,26-27,30-31,42H,12-13,18-25H2,1-5H3/t27?,30-,31+,37?/m1/s1. The summed E-state index contributed by atoms with van der Waals surface area (Å²) < 4.78 is 14.2. The van der Waals surface area contributed by atoms with Gasteiger partial charge < -0.3 is 28.9 Å². The highest BCUT2D eigenvalue weighted by Crippen LogP contribution is 2.45. The molecule has 1 N–H and O–H groups in total. The molecule has 1 saturated heterocycles. The molecule has 0 bridgehead atoms. The van der Waals surface area contributed by atoms with Crippen molar-refractivity contribution in [2.45, 2.75) is 102 Å². The second kappa shape index (κ2) is 14.4. The van der Waals surface area contributed by atoms with E-state index in [-0.39, 0.29) is 24.1 Å². The Bertz CT molecular complexity index is 1450. The smallest absolute Gasteiger partial charge is 0.410 e. The zero-order valence-corrected chi connectivity index (χ0v) is 28.0. The van der Waals surface area contributed by atoms with E-state index in [4.69, 9.17) is 14.5 Å². The number of hydrogen-bond acceptors (Lipinski definition) is 6. The zero-order chi connectivity index (χ0) is 32.9. The molecule has 9 nitrogen and oxygen atoms in total. The number of aliphatic hydroxyl groups excluding tert-OH is 1. The van der Waals surface area contributed by atoms with Crippen molar-refractivity contribution in [2.24, 2.45) is 0 Å². The second-order valence-electron chi connectivity index (χ2n) is 13.9. The number of carbonyl (C=O) groups is 2. The lowest BCUT2D eigenvalue weighted by Gasteiger charge is -2.45. The van der Waals surface area contributed by atoms with Gasteiger partial charge in [0, 0.05) is 32.3 Å². The van der Waals surface area contributed by atoms with Gasteiger partial charge >= 0.3 is 6.09 Å². The Balaban J connectivity index is 1.52. The number of aliphatic hydroxyl groups is 1. The Morgan fingerprint density at radius 2 is 1.74 bits per heavy atom. The van der Waals surface area contributed by atoms with Gasteiger partial charge in [-0.05, 0) is 65.4 Å². The third-order valence-electron chi connectivity index (χ3n) is 9.42. The Labute approximate surface area is 273 Å². The number of hydrogen-bond donors (Lipinski definition) is 1. The molecule has 2 amide bonds. The second-order valence-corrected chi connectivity index (χ2v) is 13.9. The van der Waals surface area contributed by atoms with Crippen LogP contribution in [-0.4, -0.2) is 86.5 Å². The average molecular weight is 631 g/mol. The van der Waals surface area contributed by atoms with Gasteiger partial charge in [-0.25, -0.2) is 9.78 Å². The van der Waals surface area contributed by atoms with E-state index in [9.17, 15) is 14.7 Å². The summed E-state index contributed by atoms with van der Waals surface area (Å²) in [5, 5.41) is 10.2. The van der Waals surface area contributed by atoms with Crippen LogP contribution in [0.4, 0.5) is 4.79 Å². The first-order chi connectivity index (χ1) is 22.0. The Morgan fingerprint density at radius 1 is 1.04 bits per heavy atom. The largest absolute Gasteiger partial charge is 0.444 e. The Hall–Kier alpha value is -3.69. The maximum atomic E-state index is 14.7. The lowest BCUT2D eigenvalue weighted by molar-refractivity contribution is -0.0877. The van der Waals surface area contributed by atoms with Crippen LogP contribution in [0.2, 0.25) is 0 Å². The summed E-state index contributed by atoms with van der Waals surface area (Å²) in [6.45, 7) is 8.52. The number of carbonyl (C=O) groups excluding carboxylic acids is 2. The van der Waals surface area contributed by atoms with Crippen LogP contribution in [0.15, 0.2) is 67.0 Å². The van der Waals surface area contributed by atoms with E-state index in [1.54, 1.807) is 12.0 Å². The number of piperazine rings is 1. The minimum absolute atomic E-state index is 0.0432. The van der Waals surface area contributed by atoms with Gasteiger partial charge in [-0.2, -0.15) is 0 Å². The van der Waals surface area contributed by atoms with Gasteiger partial charge in [0.1, 0.15) is 5.60 Å². The first-order valence-corrected chi connectivity index (χ1v) is 16.7. The first kappa shape index (κ1) is 33.7. The van der Waals surface area contributed by atoms with E-state index >= 15 is 0 Å². The van der Waals surface area contributed by atoms with Crippen molar-refractivity contribution < 1.29 is 24.2 Å². The molecule has 1 aliphatic heterocycles. The van der Waals surface area contributed by atoms with Crippen molar-refractivity contribution in [2.75, 3.05) is 26.7 Å². The van der Waals surface area contributed by atoms with Gasteiger partial charge in [-0.1, -0.05) is 73.5 Å². The summed E-state index contributed by atoms with van der Waals surface area (Å²) in [7, 11) is 1.77. The molecule has 1 aliphatic carbocycles. The van der Waals surface area contributed by atoms with Crippen LogP contribution in [-0.2, 0) is 15.9 Å². The summed E-state index contributed by atoms with van der Waals surface area (Å²) in [6, 6.07) is 19.8. The molecular formula is C37H50N4O5. The number of ether oxygens (including phenoxy) is 2. The van der Waals surface area contributed by atoms with E-state index in [1.165, 1.54) is 0 Å². The van der Waals surface area contributed by atoms with Crippen molar-refractivity contribution in [3.8, 4) is 11.3 Å². The van der Waals surface area contributed by atoms with Gasteiger partial charge in [-0.15, -0.1) is 0 Å². The quantitative estimate of drug-likeness (QED) is 0.289. The average Bonchev–Trinajstić information content (AvgIpc) is 3.48. The summed E-state index contributed by atoms with van der Waals surface area (Å²) in [4.78, 5) is 36.3. The lowest BCUT2D eigenvalue weighted by atomic mass is 9.76. The maximum Gasteiger partial charge on any atom is 0.410 e. The third-order valence-corrected chi connectivity index (χ3v) is 9.42. The van der Waals surface area contributed by atoms with Crippen molar-refractivity contribution in [1.29, 1.82) is 0 Å². The monoisotopic (exact) mass is 630 g/mol. The molecule has 4 atom stereocenters. The molecule has 2 fully saturated rings. The number of methoxy groups -OCH3 is 1.